The first-order valence-electron chi connectivity index (χ1n) is 14.7. The molecule has 6 aliphatic rings. The Labute approximate surface area is 232 Å². The lowest BCUT2D eigenvalue weighted by Crippen LogP contribution is -2.51. The first kappa shape index (κ1) is 26.3. The summed E-state index contributed by atoms with van der Waals surface area (Å²) >= 11 is 0. The van der Waals surface area contributed by atoms with Gasteiger partial charge >= 0.3 is 0 Å². The van der Waals surface area contributed by atoms with Crippen molar-refractivity contribution >= 4 is 17.6 Å². The van der Waals surface area contributed by atoms with E-state index in [1.165, 1.54) is 5.57 Å². The van der Waals surface area contributed by atoms with Gasteiger partial charge in [0, 0.05) is 23.2 Å². The lowest BCUT2D eigenvalue weighted by molar-refractivity contribution is -0.141. The molecule has 11 atom stereocenters. The Kier molecular flexibility index (Phi) is 6.28. The van der Waals surface area contributed by atoms with Crippen LogP contribution in [0.3, 0.4) is 0 Å². The van der Waals surface area contributed by atoms with Crippen LogP contribution in [-0.4, -0.2) is 23.7 Å². The molecule has 2 bridgehead atoms. The maximum absolute atomic E-state index is 14.9. The topological polar surface area (TPSA) is 72.5 Å². The van der Waals surface area contributed by atoms with Crippen molar-refractivity contribution in [3.8, 4) is 5.75 Å². The second kappa shape index (κ2) is 9.31. The Morgan fingerprint density at radius 2 is 1.79 bits per heavy atom. The fraction of sp³-hybridized carbons (Fsp3) is 0.559. The van der Waals surface area contributed by atoms with Crippen LogP contribution in [0.25, 0.3) is 0 Å². The van der Waals surface area contributed by atoms with Crippen LogP contribution in [0, 0.1) is 58.7 Å². The van der Waals surface area contributed by atoms with E-state index in [1.807, 2.05) is 37.3 Å². The third kappa shape index (κ3) is 4.06. The number of Topliss-reactive ketones (excluding diaryl/α,β-unsaturated/α-hetero) is 1. The number of allylic oxidation sites excluding steroid dienone is 5. The molecule has 3 aliphatic carbocycles. The lowest BCUT2D eigenvalue weighted by atomic mass is 9.56. The molecule has 7 rings (SSSR count). The Hall–Kier alpha value is -2.95. The van der Waals surface area contributed by atoms with Gasteiger partial charge in [-0.05, 0) is 74.5 Å². The first-order chi connectivity index (χ1) is 18.5. The molecule has 3 heterocycles. The van der Waals surface area contributed by atoms with E-state index in [1.54, 1.807) is 0 Å². The minimum atomic E-state index is -0.995. The quantitative estimate of drug-likeness (QED) is 0.232. The van der Waals surface area contributed by atoms with Gasteiger partial charge in [0.2, 0.25) is 11.8 Å². The molecule has 0 unspecified atom stereocenters. The number of hydrogen-bond donors (Lipinski definition) is 1. The molecule has 39 heavy (non-hydrogen) atoms. The Bertz CT molecular complexity index is 1290. The van der Waals surface area contributed by atoms with Crippen LogP contribution in [0.4, 0.5) is 0 Å². The summed E-state index contributed by atoms with van der Waals surface area (Å²) in [6.07, 6.45) is 8.72. The second-order valence-corrected chi connectivity index (χ2v) is 13.5. The highest BCUT2D eigenvalue weighted by atomic mass is 16.5. The maximum Gasteiger partial charge on any atom is 0.237 e. The van der Waals surface area contributed by atoms with Gasteiger partial charge in [-0.3, -0.25) is 19.7 Å². The van der Waals surface area contributed by atoms with E-state index in [4.69, 9.17) is 4.74 Å². The van der Waals surface area contributed by atoms with Crippen LogP contribution in [0.15, 0.2) is 60.2 Å². The molecule has 3 fully saturated rings. The maximum atomic E-state index is 14.9. The molecule has 1 saturated heterocycles. The molecule has 206 valence electrons. The van der Waals surface area contributed by atoms with Gasteiger partial charge in [-0.15, -0.1) is 0 Å². The van der Waals surface area contributed by atoms with Gasteiger partial charge in [0.25, 0.3) is 0 Å². The number of hydrogen-bond acceptors (Lipinski definition) is 4. The Balaban J connectivity index is 1.60. The molecular weight excluding hydrogens is 486 g/mol. The fourth-order valence-electron chi connectivity index (χ4n) is 9.57. The highest BCUT2D eigenvalue weighted by molar-refractivity contribution is 6.16. The van der Waals surface area contributed by atoms with E-state index in [-0.39, 0.29) is 29.6 Å². The largest absolute Gasteiger partial charge is 0.490 e. The lowest BCUT2D eigenvalue weighted by Gasteiger charge is -2.47. The third-order valence-electron chi connectivity index (χ3n) is 10.7. The zero-order chi connectivity index (χ0) is 27.8. The zero-order valence-electron chi connectivity index (χ0n) is 23.8. The van der Waals surface area contributed by atoms with Gasteiger partial charge in [-0.1, -0.05) is 68.9 Å². The van der Waals surface area contributed by atoms with Crippen molar-refractivity contribution in [2.75, 3.05) is 0 Å². The number of amides is 2. The van der Waals surface area contributed by atoms with Crippen molar-refractivity contribution in [2.24, 2.45) is 58.7 Å². The van der Waals surface area contributed by atoms with Gasteiger partial charge in [0.05, 0.1) is 5.92 Å². The Morgan fingerprint density at radius 3 is 2.49 bits per heavy atom. The molecule has 2 amide bonds. The van der Waals surface area contributed by atoms with Crippen LogP contribution >= 0.6 is 0 Å². The molecule has 1 aromatic carbocycles. The number of ether oxygens (including phenoxy) is 1. The molecule has 5 heteroatoms. The zero-order valence-corrected chi connectivity index (χ0v) is 23.8. The fourth-order valence-corrected chi connectivity index (χ4v) is 9.57. The minimum Gasteiger partial charge on any atom is -0.490 e. The van der Waals surface area contributed by atoms with E-state index in [0.717, 1.165) is 29.7 Å². The number of benzene rings is 1. The third-order valence-corrected chi connectivity index (χ3v) is 10.7. The number of nitrogens with one attached hydrogen (secondary N) is 1. The molecule has 0 spiro atoms. The number of carbonyl (C=O) groups is 3. The SMILES string of the molecule is C=C/C(C)=C\[C@]1(C)C=C(C)[C@H]2[C@@H]3C[C@H](C)C[C@H](C)[C@H]3[C@H]3Oc4ccc(cc4)C[C@@H]4C(=O)NC(=O)[C@H]4C(=O)[C@@H]1[C@@H]32. The van der Waals surface area contributed by atoms with Crippen molar-refractivity contribution in [3.05, 3.63) is 65.8 Å². The van der Waals surface area contributed by atoms with E-state index < -0.39 is 29.1 Å². The average molecular weight is 528 g/mol. The van der Waals surface area contributed by atoms with Crippen LogP contribution in [0.2, 0.25) is 0 Å². The van der Waals surface area contributed by atoms with E-state index in [9.17, 15) is 14.4 Å². The highest BCUT2D eigenvalue weighted by Gasteiger charge is 2.64. The minimum absolute atomic E-state index is 0.0904. The summed E-state index contributed by atoms with van der Waals surface area (Å²) in [7, 11) is 0. The number of imide groups is 1. The summed E-state index contributed by atoms with van der Waals surface area (Å²) in [5.74, 6) is -0.343. The summed E-state index contributed by atoms with van der Waals surface area (Å²) in [6, 6.07) is 7.97. The molecule has 0 aromatic heterocycles. The summed E-state index contributed by atoms with van der Waals surface area (Å²) in [4.78, 5) is 41.3. The van der Waals surface area contributed by atoms with Gasteiger partial charge in [0.15, 0.2) is 5.78 Å². The molecule has 2 saturated carbocycles. The highest BCUT2D eigenvalue weighted by Crippen LogP contribution is 2.63. The van der Waals surface area contributed by atoms with E-state index in [2.05, 4.69) is 51.7 Å². The molecule has 3 aliphatic heterocycles. The monoisotopic (exact) mass is 527 g/mol. The van der Waals surface area contributed by atoms with Crippen molar-refractivity contribution < 1.29 is 19.1 Å². The van der Waals surface area contributed by atoms with Gasteiger partial charge in [0.1, 0.15) is 17.8 Å². The standard InChI is InChI=1S/C34H41NO4/c1-7-17(2)15-34(6)16-20(5)25-23-13-18(3)12-19(4)26(23)31-28(25)29(34)30(36)27-24(32(37)35-33(27)38)14-21-8-10-22(39-31)11-9-21/h7-11,15-16,18-19,23-29,31H,1,12-14H2,2-6H3,(H,35,37,38)/b17-15-/t18-,19+,23+,24+,25+,26-,27-,28+,29+,31-,34-/m1/s1. The van der Waals surface area contributed by atoms with Crippen LogP contribution < -0.4 is 10.1 Å². The van der Waals surface area contributed by atoms with Crippen molar-refractivity contribution in [2.45, 2.75) is 60.0 Å². The van der Waals surface area contributed by atoms with Crippen LogP contribution in [0.1, 0.15) is 53.0 Å². The summed E-state index contributed by atoms with van der Waals surface area (Å²) in [5.41, 5.74) is 2.60. The van der Waals surface area contributed by atoms with Crippen molar-refractivity contribution in [3.63, 3.8) is 0 Å². The molecule has 5 nitrogen and oxygen atoms in total. The summed E-state index contributed by atoms with van der Waals surface area (Å²) in [5, 5.41) is 2.52. The molecule has 1 N–H and O–H groups in total. The summed E-state index contributed by atoms with van der Waals surface area (Å²) in [6.45, 7) is 15.0. The van der Waals surface area contributed by atoms with Gasteiger partial charge < -0.3 is 4.74 Å². The number of carbonyl (C=O) groups excluding carboxylic acids is 3. The average Bonchev–Trinajstić information content (AvgIpc) is 3.32. The predicted molar refractivity (Wildman–Crippen MR) is 151 cm³/mol. The van der Waals surface area contributed by atoms with E-state index >= 15 is 0 Å². The van der Waals surface area contributed by atoms with Crippen LogP contribution in [0.5, 0.6) is 5.75 Å². The molecule has 1 aromatic rings. The van der Waals surface area contributed by atoms with E-state index in [0.29, 0.717) is 30.1 Å². The predicted octanol–water partition coefficient (Wildman–Crippen LogP) is 5.71. The summed E-state index contributed by atoms with van der Waals surface area (Å²) < 4.78 is 6.97. The van der Waals surface area contributed by atoms with Gasteiger partial charge in [-0.25, -0.2) is 0 Å². The van der Waals surface area contributed by atoms with Crippen molar-refractivity contribution in [1.82, 2.24) is 5.32 Å². The Morgan fingerprint density at radius 1 is 1.08 bits per heavy atom. The van der Waals surface area contributed by atoms with Crippen LogP contribution in [-0.2, 0) is 20.8 Å². The van der Waals surface area contributed by atoms with Gasteiger partial charge in [-0.2, -0.15) is 0 Å². The number of rotatable bonds is 2. The molecular formula is C34H41NO4. The first-order valence-corrected chi connectivity index (χ1v) is 14.7. The number of ketones is 1. The number of fused-ring (bicyclic) bond motifs is 4. The smallest absolute Gasteiger partial charge is 0.237 e. The normalized spacial score (nSPS) is 43.3. The molecule has 0 radical (unpaired) electrons. The van der Waals surface area contributed by atoms with Crippen molar-refractivity contribution in [1.29, 1.82) is 0 Å². The second-order valence-electron chi connectivity index (χ2n) is 13.5.